The third-order valence-electron chi connectivity index (χ3n) is 7.13. The molecular formula is C31H51N3O4. The van der Waals surface area contributed by atoms with Crippen LogP contribution in [0.5, 0.6) is 0 Å². The van der Waals surface area contributed by atoms with E-state index in [2.05, 4.69) is 42.7 Å². The van der Waals surface area contributed by atoms with Crippen LogP contribution in [0.3, 0.4) is 0 Å². The van der Waals surface area contributed by atoms with Gasteiger partial charge in [-0.2, -0.15) is 0 Å². The number of likely N-dealkylation sites (N-methyl/N-ethyl adjacent to an activating group) is 2. The summed E-state index contributed by atoms with van der Waals surface area (Å²) in [4.78, 5) is 41.6. The summed E-state index contributed by atoms with van der Waals surface area (Å²) in [5.41, 5.74) is 2.70. The normalized spacial score (nSPS) is 15.1. The van der Waals surface area contributed by atoms with Gasteiger partial charge >= 0.3 is 5.97 Å². The summed E-state index contributed by atoms with van der Waals surface area (Å²) in [6.45, 7) is 21.7. The van der Waals surface area contributed by atoms with Crippen molar-refractivity contribution < 1.29 is 19.1 Å². The summed E-state index contributed by atoms with van der Waals surface area (Å²) in [7, 11) is 3.49. The van der Waals surface area contributed by atoms with Crippen molar-refractivity contribution in [1.82, 2.24) is 15.5 Å². The topological polar surface area (TPSA) is 87.7 Å². The maximum atomic E-state index is 13.9. The van der Waals surface area contributed by atoms with Crippen LogP contribution in [0, 0.1) is 25.2 Å². The monoisotopic (exact) mass is 529 g/mol. The Labute approximate surface area is 230 Å². The molecule has 3 atom stereocenters. The second-order valence-corrected chi connectivity index (χ2v) is 12.4. The Morgan fingerprint density at radius 3 is 1.95 bits per heavy atom. The molecule has 0 spiro atoms. The molecule has 7 nitrogen and oxygen atoms in total. The third kappa shape index (κ3) is 8.42. The van der Waals surface area contributed by atoms with E-state index in [4.69, 9.17) is 4.74 Å². The number of nitrogens with zero attached hydrogens (tertiary/aromatic N) is 1. The number of nitrogens with one attached hydrogen (secondary N) is 2. The summed E-state index contributed by atoms with van der Waals surface area (Å²) in [5, 5.41) is 6.28. The molecule has 0 saturated heterocycles. The second kappa shape index (κ2) is 13.4. The number of carbonyl (C=O) groups is 3. The molecule has 214 valence electrons. The van der Waals surface area contributed by atoms with Crippen molar-refractivity contribution in [1.29, 1.82) is 0 Å². The number of amides is 2. The minimum atomic E-state index is -0.775. The van der Waals surface area contributed by atoms with E-state index in [9.17, 15) is 14.4 Å². The van der Waals surface area contributed by atoms with Gasteiger partial charge < -0.3 is 20.3 Å². The van der Waals surface area contributed by atoms with E-state index in [1.54, 1.807) is 38.9 Å². The highest BCUT2D eigenvalue weighted by Crippen LogP contribution is 2.30. The number of hydrogen-bond donors (Lipinski definition) is 2. The van der Waals surface area contributed by atoms with Crippen molar-refractivity contribution >= 4 is 17.8 Å². The van der Waals surface area contributed by atoms with Crippen molar-refractivity contribution in [2.45, 2.75) is 99.7 Å². The smallest absolute Gasteiger partial charge is 0.333 e. The Hall–Kier alpha value is -2.67. The van der Waals surface area contributed by atoms with Crippen LogP contribution in [-0.2, 0) is 24.5 Å². The van der Waals surface area contributed by atoms with Crippen LogP contribution >= 0.6 is 0 Å². The molecule has 1 aromatic rings. The largest absolute Gasteiger partial charge is 0.463 e. The van der Waals surface area contributed by atoms with Crippen molar-refractivity contribution in [3.8, 4) is 0 Å². The van der Waals surface area contributed by atoms with Crippen molar-refractivity contribution in [3.63, 3.8) is 0 Å². The van der Waals surface area contributed by atoms with Crippen LogP contribution < -0.4 is 10.6 Å². The van der Waals surface area contributed by atoms with E-state index in [0.29, 0.717) is 5.57 Å². The molecule has 0 heterocycles. The molecule has 2 amide bonds. The van der Waals surface area contributed by atoms with Crippen molar-refractivity contribution in [2.24, 2.45) is 11.3 Å². The lowest BCUT2D eigenvalue weighted by atomic mass is 9.76. The lowest BCUT2D eigenvalue weighted by Crippen LogP contribution is -2.61. The lowest BCUT2D eigenvalue weighted by Gasteiger charge is -2.40. The summed E-state index contributed by atoms with van der Waals surface area (Å²) in [6, 6.07) is 4.64. The van der Waals surface area contributed by atoms with Crippen molar-refractivity contribution in [2.75, 3.05) is 20.7 Å². The first-order valence-electron chi connectivity index (χ1n) is 13.6. The molecule has 2 N–H and O–H groups in total. The molecule has 0 unspecified atom stereocenters. The molecule has 0 aliphatic carbocycles. The fourth-order valence-corrected chi connectivity index (χ4v) is 4.88. The molecule has 0 fully saturated rings. The molecule has 0 aliphatic rings. The first-order valence-corrected chi connectivity index (χ1v) is 13.6. The van der Waals surface area contributed by atoms with Gasteiger partial charge in [0.15, 0.2) is 0 Å². The number of aryl methyl sites for hydroxylation is 2. The molecule has 7 heteroatoms. The van der Waals surface area contributed by atoms with Crippen LogP contribution in [0.25, 0.3) is 0 Å². The standard InChI is InChI=1S/C31H51N3O4/c1-14-38-29(37)22(6)18-24(19(2)3)34(13)28(36)26(30(7,8)9)33-27(35)25(32-12)31(10,11)23-16-20(4)15-21(5)17-23/h15-19,24-26,32H,14H2,1-13H3,(H,33,35)/t24-,25+,26-/m1/s1. The molecule has 0 radical (unpaired) electrons. The van der Waals surface area contributed by atoms with Gasteiger partial charge in [0, 0.05) is 18.0 Å². The van der Waals surface area contributed by atoms with Gasteiger partial charge in [-0.05, 0) is 51.6 Å². The molecule has 0 bridgehead atoms. The molecular weight excluding hydrogens is 478 g/mol. The fraction of sp³-hybridized carbons (Fsp3) is 0.645. The molecule has 0 aromatic heterocycles. The highest BCUT2D eigenvalue weighted by atomic mass is 16.5. The van der Waals surface area contributed by atoms with Gasteiger partial charge in [-0.25, -0.2) is 4.79 Å². The van der Waals surface area contributed by atoms with Gasteiger partial charge in [-0.1, -0.05) is 83.9 Å². The van der Waals surface area contributed by atoms with Crippen LogP contribution in [0.1, 0.15) is 79.0 Å². The van der Waals surface area contributed by atoms with Crippen molar-refractivity contribution in [3.05, 3.63) is 46.5 Å². The summed E-state index contributed by atoms with van der Waals surface area (Å²) >= 11 is 0. The highest BCUT2D eigenvalue weighted by Gasteiger charge is 2.41. The number of ether oxygens (including phenoxy) is 1. The number of benzene rings is 1. The maximum absolute atomic E-state index is 13.9. The van der Waals surface area contributed by atoms with Gasteiger partial charge in [0.05, 0.1) is 18.7 Å². The Kier molecular flexibility index (Phi) is 11.8. The van der Waals surface area contributed by atoms with E-state index in [-0.39, 0.29) is 30.4 Å². The predicted molar refractivity (Wildman–Crippen MR) is 155 cm³/mol. The minimum Gasteiger partial charge on any atom is -0.463 e. The van der Waals surface area contributed by atoms with Crippen LogP contribution in [0.2, 0.25) is 0 Å². The average molecular weight is 530 g/mol. The van der Waals surface area contributed by atoms with E-state index in [1.807, 2.05) is 48.5 Å². The Morgan fingerprint density at radius 2 is 1.53 bits per heavy atom. The zero-order valence-corrected chi connectivity index (χ0v) is 25.9. The number of hydrogen-bond acceptors (Lipinski definition) is 5. The van der Waals surface area contributed by atoms with E-state index < -0.39 is 28.9 Å². The summed E-state index contributed by atoms with van der Waals surface area (Å²) < 4.78 is 5.13. The lowest BCUT2D eigenvalue weighted by molar-refractivity contribution is -0.141. The molecule has 1 aromatic carbocycles. The summed E-state index contributed by atoms with van der Waals surface area (Å²) in [6.07, 6.45) is 1.78. The van der Waals surface area contributed by atoms with Gasteiger partial charge in [-0.3, -0.25) is 9.59 Å². The summed E-state index contributed by atoms with van der Waals surface area (Å²) in [5.74, 6) is -0.808. The van der Waals surface area contributed by atoms with E-state index >= 15 is 0 Å². The third-order valence-corrected chi connectivity index (χ3v) is 7.13. The SMILES string of the molecule is CCOC(=O)C(C)=C[C@H](C(C)C)N(C)C(=O)[C@@H](NC(=O)[C@H](NC)C(C)(C)c1cc(C)cc(C)c1)C(C)(C)C. The van der Waals surface area contributed by atoms with E-state index in [1.165, 1.54) is 0 Å². The molecule has 1 rings (SSSR count). The first kappa shape index (κ1) is 33.4. The van der Waals surface area contributed by atoms with Crippen LogP contribution in [-0.4, -0.2) is 61.5 Å². The van der Waals surface area contributed by atoms with E-state index in [0.717, 1.165) is 16.7 Å². The Bertz CT molecular complexity index is 1000. The van der Waals surface area contributed by atoms with Gasteiger partial charge in [0.2, 0.25) is 11.8 Å². The Balaban J connectivity index is 3.35. The predicted octanol–water partition coefficient (Wildman–Crippen LogP) is 4.69. The van der Waals surface area contributed by atoms with Gasteiger partial charge in [0.1, 0.15) is 6.04 Å². The molecule has 38 heavy (non-hydrogen) atoms. The minimum absolute atomic E-state index is 0.0400. The zero-order chi connectivity index (χ0) is 29.6. The fourth-order valence-electron chi connectivity index (χ4n) is 4.88. The highest BCUT2D eigenvalue weighted by molar-refractivity contribution is 5.92. The average Bonchev–Trinajstić information content (AvgIpc) is 2.78. The zero-order valence-electron chi connectivity index (χ0n) is 25.9. The quantitative estimate of drug-likeness (QED) is 0.321. The first-order chi connectivity index (χ1) is 17.4. The second-order valence-electron chi connectivity index (χ2n) is 12.4. The number of esters is 1. The van der Waals surface area contributed by atoms with Crippen LogP contribution in [0.15, 0.2) is 29.8 Å². The Morgan fingerprint density at radius 1 is 1.00 bits per heavy atom. The van der Waals surface area contributed by atoms with Gasteiger partial charge in [-0.15, -0.1) is 0 Å². The molecule has 0 saturated carbocycles. The van der Waals surface area contributed by atoms with Crippen LogP contribution in [0.4, 0.5) is 0 Å². The molecule has 0 aliphatic heterocycles. The maximum Gasteiger partial charge on any atom is 0.333 e. The number of carbonyl (C=O) groups excluding carboxylic acids is 3. The number of rotatable bonds is 11. The van der Waals surface area contributed by atoms with Gasteiger partial charge in [0.25, 0.3) is 0 Å².